The lowest BCUT2D eigenvalue weighted by molar-refractivity contribution is 0.502. The van der Waals surface area contributed by atoms with Crippen molar-refractivity contribution in [3.63, 3.8) is 0 Å². The maximum Gasteiger partial charge on any atom is 0.123 e. The topological polar surface area (TPSA) is 3.24 Å². The molecule has 2 aliphatic rings. The van der Waals surface area contributed by atoms with Gasteiger partial charge in [0.25, 0.3) is 0 Å². The summed E-state index contributed by atoms with van der Waals surface area (Å²) in [5.74, 6) is 0.570. The number of nitrogens with zero attached hydrogens (tertiary/aromatic N) is 1. The predicted molar refractivity (Wildman–Crippen MR) is 68.6 cm³/mol. The predicted octanol–water partition coefficient (Wildman–Crippen LogP) is 3.54. The summed E-state index contributed by atoms with van der Waals surface area (Å²) in [6, 6.07) is 6.82. The molecule has 0 N–H and O–H groups in total. The van der Waals surface area contributed by atoms with E-state index in [2.05, 4.69) is 23.1 Å². The zero-order valence-electron chi connectivity index (χ0n) is 9.77. The van der Waals surface area contributed by atoms with Gasteiger partial charge in [-0.3, -0.25) is 0 Å². The third-order valence-corrected chi connectivity index (χ3v) is 3.70. The molecule has 1 unspecified atom stereocenters. The molecular formula is C15H16FN. The number of anilines is 1. The highest BCUT2D eigenvalue weighted by Gasteiger charge is 2.23. The number of allylic oxidation sites excluding steroid dienone is 3. The molecule has 3 rings (SSSR count). The maximum absolute atomic E-state index is 12.9. The molecule has 1 atom stereocenters. The molecule has 17 heavy (non-hydrogen) atoms. The van der Waals surface area contributed by atoms with E-state index in [1.165, 1.54) is 30.5 Å². The van der Waals surface area contributed by atoms with E-state index >= 15 is 0 Å². The molecule has 2 heteroatoms. The van der Waals surface area contributed by atoms with Crippen molar-refractivity contribution in [1.82, 2.24) is 0 Å². The summed E-state index contributed by atoms with van der Waals surface area (Å²) < 4.78 is 12.9. The van der Waals surface area contributed by atoms with Gasteiger partial charge in [-0.05, 0) is 48.6 Å². The fraction of sp³-hybridized carbons (Fsp3) is 0.333. The third kappa shape index (κ3) is 2.12. The average Bonchev–Trinajstić information content (AvgIpc) is 2.39. The van der Waals surface area contributed by atoms with E-state index in [1.807, 2.05) is 12.1 Å². The number of hydrogen-bond acceptors (Lipinski definition) is 1. The van der Waals surface area contributed by atoms with Gasteiger partial charge in [0.05, 0.1) is 0 Å². The van der Waals surface area contributed by atoms with Crippen molar-refractivity contribution in [1.29, 1.82) is 0 Å². The highest BCUT2D eigenvalue weighted by molar-refractivity contribution is 5.49. The van der Waals surface area contributed by atoms with Gasteiger partial charge in [0.2, 0.25) is 0 Å². The smallest absolute Gasteiger partial charge is 0.123 e. The maximum atomic E-state index is 12.9. The largest absolute Gasteiger partial charge is 0.367 e. The molecule has 0 spiro atoms. The molecule has 1 saturated heterocycles. The molecular weight excluding hydrogens is 213 g/mol. The van der Waals surface area contributed by atoms with Crippen LogP contribution in [0.25, 0.3) is 0 Å². The fourth-order valence-corrected chi connectivity index (χ4v) is 2.69. The van der Waals surface area contributed by atoms with Crippen LogP contribution < -0.4 is 4.90 Å². The van der Waals surface area contributed by atoms with Crippen molar-refractivity contribution in [2.75, 3.05) is 18.0 Å². The molecule has 88 valence electrons. The average molecular weight is 229 g/mol. The second-order valence-corrected chi connectivity index (χ2v) is 4.79. The zero-order valence-corrected chi connectivity index (χ0v) is 9.77. The van der Waals surface area contributed by atoms with E-state index in [9.17, 15) is 4.39 Å². The summed E-state index contributed by atoms with van der Waals surface area (Å²) in [4.78, 5) is 2.33. The minimum absolute atomic E-state index is 0.163. The first kappa shape index (κ1) is 10.6. The molecule has 1 nitrogen and oxygen atoms in total. The highest BCUT2D eigenvalue weighted by Crippen LogP contribution is 2.31. The standard InChI is InChI=1S/C15H16FN/c16-14-5-7-15(8-6-14)17-10-9-12-3-1-2-4-13(12)11-17/h1-2,4-8,12H,3,9-11H2. The Kier molecular flexibility index (Phi) is 2.71. The summed E-state index contributed by atoms with van der Waals surface area (Å²) in [6.07, 6.45) is 9.03. The number of benzene rings is 1. The first-order valence-electron chi connectivity index (χ1n) is 6.19. The lowest BCUT2D eigenvalue weighted by Crippen LogP contribution is -2.35. The molecule has 0 saturated carbocycles. The van der Waals surface area contributed by atoms with Crippen LogP contribution >= 0.6 is 0 Å². The van der Waals surface area contributed by atoms with Crippen LogP contribution in [-0.2, 0) is 0 Å². The minimum atomic E-state index is -0.163. The van der Waals surface area contributed by atoms with Gasteiger partial charge in [-0.25, -0.2) is 4.39 Å². The number of hydrogen-bond donors (Lipinski definition) is 0. The molecule has 1 aromatic carbocycles. The molecule has 0 bridgehead atoms. The molecule has 0 amide bonds. The van der Waals surface area contributed by atoms with Gasteiger partial charge in [0.1, 0.15) is 5.82 Å². The highest BCUT2D eigenvalue weighted by atomic mass is 19.1. The Labute approximate surface area is 101 Å². The quantitative estimate of drug-likeness (QED) is 0.712. The monoisotopic (exact) mass is 229 g/mol. The normalized spacial score (nSPS) is 23.2. The first-order chi connectivity index (χ1) is 8.33. The number of rotatable bonds is 1. The Morgan fingerprint density at radius 1 is 1.18 bits per heavy atom. The van der Waals surface area contributed by atoms with Crippen LogP contribution in [0.2, 0.25) is 0 Å². The van der Waals surface area contributed by atoms with Gasteiger partial charge in [-0.2, -0.15) is 0 Å². The van der Waals surface area contributed by atoms with Crippen LogP contribution in [0, 0.1) is 11.7 Å². The van der Waals surface area contributed by atoms with E-state index < -0.39 is 0 Å². The minimum Gasteiger partial charge on any atom is -0.367 e. The van der Waals surface area contributed by atoms with Crippen LogP contribution in [-0.4, -0.2) is 13.1 Å². The summed E-state index contributed by atoms with van der Waals surface area (Å²) in [7, 11) is 0. The van der Waals surface area contributed by atoms with Gasteiger partial charge in [0, 0.05) is 18.8 Å². The second kappa shape index (κ2) is 4.36. The Hall–Kier alpha value is -1.57. The summed E-state index contributed by atoms with van der Waals surface area (Å²) >= 11 is 0. The van der Waals surface area contributed by atoms with E-state index in [0.717, 1.165) is 24.7 Å². The lowest BCUT2D eigenvalue weighted by atomic mass is 9.85. The van der Waals surface area contributed by atoms with Crippen molar-refractivity contribution < 1.29 is 4.39 Å². The Morgan fingerprint density at radius 3 is 2.82 bits per heavy atom. The third-order valence-electron chi connectivity index (χ3n) is 3.70. The van der Waals surface area contributed by atoms with E-state index in [4.69, 9.17) is 0 Å². The van der Waals surface area contributed by atoms with Gasteiger partial charge in [-0.15, -0.1) is 0 Å². The van der Waals surface area contributed by atoms with Crippen molar-refractivity contribution in [2.45, 2.75) is 12.8 Å². The van der Waals surface area contributed by atoms with E-state index in [0.29, 0.717) is 0 Å². The van der Waals surface area contributed by atoms with Crippen molar-refractivity contribution in [3.05, 3.63) is 53.9 Å². The van der Waals surface area contributed by atoms with Crippen molar-refractivity contribution in [3.8, 4) is 0 Å². The Bertz CT molecular complexity index is 458. The fourth-order valence-electron chi connectivity index (χ4n) is 2.69. The Morgan fingerprint density at radius 2 is 2.00 bits per heavy atom. The van der Waals surface area contributed by atoms with Crippen molar-refractivity contribution >= 4 is 5.69 Å². The molecule has 0 aromatic heterocycles. The van der Waals surface area contributed by atoms with Gasteiger partial charge < -0.3 is 4.90 Å². The van der Waals surface area contributed by atoms with E-state index in [-0.39, 0.29) is 5.82 Å². The molecule has 1 fully saturated rings. The number of piperidine rings is 1. The van der Waals surface area contributed by atoms with E-state index in [1.54, 1.807) is 0 Å². The van der Waals surface area contributed by atoms with Gasteiger partial charge in [0.15, 0.2) is 0 Å². The van der Waals surface area contributed by atoms with Gasteiger partial charge >= 0.3 is 0 Å². The van der Waals surface area contributed by atoms with Crippen LogP contribution in [0.3, 0.4) is 0 Å². The summed E-state index contributed by atoms with van der Waals surface area (Å²) in [6.45, 7) is 2.06. The molecule has 1 aliphatic heterocycles. The van der Waals surface area contributed by atoms with Gasteiger partial charge in [-0.1, -0.05) is 18.2 Å². The molecule has 1 aromatic rings. The summed E-state index contributed by atoms with van der Waals surface area (Å²) in [5.41, 5.74) is 2.64. The molecule has 1 heterocycles. The van der Waals surface area contributed by atoms with Crippen LogP contribution in [0.15, 0.2) is 48.1 Å². The first-order valence-corrected chi connectivity index (χ1v) is 6.19. The second-order valence-electron chi connectivity index (χ2n) is 4.79. The lowest BCUT2D eigenvalue weighted by Gasteiger charge is -2.36. The Balaban J connectivity index is 1.79. The number of fused-ring (bicyclic) bond motifs is 1. The summed E-state index contributed by atoms with van der Waals surface area (Å²) in [5, 5.41) is 0. The number of halogens is 1. The van der Waals surface area contributed by atoms with Crippen LogP contribution in [0.5, 0.6) is 0 Å². The zero-order chi connectivity index (χ0) is 11.7. The molecule has 1 aliphatic carbocycles. The SMILES string of the molecule is Fc1ccc(N2CCC3CC=CC=C3C2)cc1. The van der Waals surface area contributed by atoms with Crippen LogP contribution in [0.4, 0.5) is 10.1 Å². The molecule has 0 radical (unpaired) electrons. The van der Waals surface area contributed by atoms with Crippen LogP contribution in [0.1, 0.15) is 12.8 Å². The van der Waals surface area contributed by atoms with Crippen molar-refractivity contribution in [2.24, 2.45) is 5.92 Å².